The third kappa shape index (κ3) is 4.46. The number of fused-ring (bicyclic) bond motifs is 2. The van der Waals surface area contributed by atoms with Crippen LogP contribution in [0.4, 0.5) is 5.69 Å². The van der Waals surface area contributed by atoms with Crippen molar-refractivity contribution in [3.8, 4) is 0 Å². The van der Waals surface area contributed by atoms with Gasteiger partial charge in [-0.05, 0) is 68.4 Å². The summed E-state index contributed by atoms with van der Waals surface area (Å²) in [6.45, 7) is 1.55. The lowest BCUT2D eigenvalue weighted by atomic mass is 9.95. The van der Waals surface area contributed by atoms with Gasteiger partial charge in [-0.15, -0.1) is 0 Å². The highest BCUT2D eigenvalue weighted by Crippen LogP contribution is 2.44. The first-order valence-electron chi connectivity index (χ1n) is 10.1. The van der Waals surface area contributed by atoms with Crippen molar-refractivity contribution in [3.63, 3.8) is 0 Å². The highest BCUT2D eigenvalue weighted by molar-refractivity contribution is 7.92. The molecule has 1 amide bonds. The molecule has 2 bridgehead atoms. The van der Waals surface area contributed by atoms with Crippen LogP contribution in [0.15, 0.2) is 47.4 Å². The Morgan fingerprint density at radius 3 is 2.30 bits per heavy atom. The van der Waals surface area contributed by atoms with E-state index in [-0.39, 0.29) is 29.1 Å². The van der Waals surface area contributed by atoms with Gasteiger partial charge < -0.3 is 5.32 Å². The number of carbonyl (C=O) groups is 1. The second-order valence-electron chi connectivity index (χ2n) is 8.30. The highest BCUT2D eigenvalue weighted by Gasteiger charge is 2.40. The van der Waals surface area contributed by atoms with Gasteiger partial charge in [-0.25, -0.2) is 8.42 Å². The Balaban J connectivity index is 1.63. The Morgan fingerprint density at radius 1 is 1.07 bits per heavy atom. The second-order valence-corrected chi connectivity index (χ2v) is 11.0. The number of halogens is 2. The van der Waals surface area contributed by atoms with Crippen LogP contribution in [-0.4, -0.2) is 26.9 Å². The Hall–Kier alpha value is -1.76. The lowest BCUT2D eigenvalue weighted by molar-refractivity contribution is -0.120. The lowest BCUT2D eigenvalue weighted by Crippen LogP contribution is -2.46. The van der Waals surface area contributed by atoms with E-state index < -0.39 is 10.0 Å². The quantitative estimate of drug-likeness (QED) is 0.664. The van der Waals surface area contributed by atoms with Crippen LogP contribution in [0.5, 0.6) is 0 Å². The normalized spacial score (nSPS) is 22.8. The minimum Gasteiger partial charge on any atom is -0.352 e. The Bertz CT molecular complexity index is 1040. The number of amides is 1. The minimum atomic E-state index is -3.99. The van der Waals surface area contributed by atoms with Crippen LogP contribution in [-0.2, 0) is 14.8 Å². The summed E-state index contributed by atoms with van der Waals surface area (Å²) >= 11 is 12.2. The summed E-state index contributed by atoms with van der Waals surface area (Å²) in [5, 5.41) is 3.66. The van der Waals surface area contributed by atoms with Crippen LogP contribution < -0.4 is 9.62 Å². The number of nitrogens with one attached hydrogen (secondary N) is 1. The van der Waals surface area contributed by atoms with E-state index in [1.165, 1.54) is 36.8 Å². The predicted octanol–water partition coefficient (Wildman–Crippen LogP) is 4.80. The van der Waals surface area contributed by atoms with Crippen LogP contribution >= 0.6 is 23.2 Å². The maximum Gasteiger partial charge on any atom is 0.264 e. The maximum absolute atomic E-state index is 13.4. The van der Waals surface area contributed by atoms with E-state index in [4.69, 9.17) is 23.2 Å². The molecule has 0 saturated heterocycles. The Labute approximate surface area is 187 Å². The topological polar surface area (TPSA) is 66.5 Å². The van der Waals surface area contributed by atoms with Gasteiger partial charge in [0.05, 0.1) is 10.6 Å². The van der Waals surface area contributed by atoms with E-state index in [0.29, 0.717) is 21.9 Å². The number of anilines is 1. The molecule has 0 spiro atoms. The number of hydrogen-bond donors (Lipinski definition) is 1. The van der Waals surface area contributed by atoms with Gasteiger partial charge in [0.25, 0.3) is 10.0 Å². The first-order chi connectivity index (χ1) is 14.2. The molecule has 0 radical (unpaired) electrons. The lowest BCUT2D eigenvalue weighted by Gasteiger charge is -2.27. The van der Waals surface area contributed by atoms with Crippen molar-refractivity contribution in [1.29, 1.82) is 0 Å². The van der Waals surface area contributed by atoms with Gasteiger partial charge in [0.1, 0.15) is 6.54 Å². The molecule has 2 aliphatic rings. The highest BCUT2D eigenvalue weighted by atomic mass is 35.5. The molecule has 160 valence electrons. The molecule has 2 saturated carbocycles. The van der Waals surface area contributed by atoms with Gasteiger partial charge in [0.15, 0.2) is 0 Å². The van der Waals surface area contributed by atoms with E-state index in [0.717, 1.165) is 29.1 Å². The molecule has 1 N–H and O–H groups in total. The number of hydrogen-bond acceptors (Lipinski definition) is 3. The van der Waals surface area contributed by atoms with Crippen molar-refractivity contribution in [2.24, 2.45) is 11.8 Å². The smallest absolute Gasteiger partial charge is 0.264 e. The number of sulfonamides is 1. The third-order valence-corrected chi connectivity index (χ3v) is 8.34. The summed E-state index contributed by atoms with van der Waals surface area (Å²) in [4.78, 5) is 13.0. The standard InChI is InChI=1S/C22H24Cl2N2O3S/c1-14-2-6-20(7-3-14)30(28,29)26(19-11-17(23)10-18(24)12-19)13-22(27)25-21-9-15-4-5-16(21)8-15/h2-3,6-7,10-12,15-16,21H,4-5,8-9,13H2,1H3,(H,25,27)/t15-,16+,21-/m1/s1. The van der Waals surface area contributed by atoms with Crippen LogP contribution in [0.3, 0.4) is 0 Å². The number of rotatable bonds is 6. The summed E-state index contributed by atoms with van der Waals surface area (Å²) in [5.41, 5.74) is 1.21. The van der Waals surface area contributed by atoms with Crippen LogP contribution in [0.2, 0.25) is 10.0 Å². The van der Waals surface area contributed by atoms with E-state index in [1.54, 1.807) is 12.1 Å². The Morgan fingerprint density at radius 2 is 1.73 bits per heavy atom. The van der Waals surface area contributed by atoms with Crippen molar-refractivity contribution >= 4 is 44.8 Å². The fraction of sp³-hybridized carbons (Fsp3) is 0.409. The molecule has 0 aliphatic heterocycles. The molecule has 30 heavy (non-hydrogen) atoms. The first-order valence-corrected chi connectivity index (χ1v) is 12.3. The largest absolute Gasteiger partial charge is 0.352 e. The van der Waals surface area contributed by atoms with Gasteiger partial charge in [-0.1, -0.05) is 47.3 Å². The van der Waals surface area contributed by atoms with Crippen LogP contribution in [0.25, 0.3) is 0 Å². The SMILES string of the molecule is Cc1ccc(S(=O)(=O)N(CC(=O)N[C@@H]2C[C@@H]3CC[C@H]2C3)c2cc(Cl)cc(Cl)c2)cc1. The van der Waals surface area contributed by atoms with E-state index in [1.807, 2.05) is 6.92 Å². The molecular weight excluding hydrogens is 443 g/mol. The molecule has 4 rings (SSSR count). The molecule has 0 unspecified atom stereocenters. The fourth-order valence-corrected chi connectivity index (χ4v) is 6.56. The molecule has 2 aromatic rings. The minimum absolute atomic E-state index is 0.108. The molecule has 2 aromatic carbocycles. The van der Waals surface area contributed by atoms with Crippen molar-refractivity contribution < 1.29 is 13.2 Å². The molecule has 0 aromatic heterocycles. The molecular formula is C22H24Cl2N2O3S. The summed E-state index contributed by atoms with van der Waals surface area (Å²) < 4.78 is 27.9. The molecule has 2 aliphatic carbocycles. The van der Waals surface area contributed by atoms with E-state index in [9.17, 15) is 13.2 Å². The predicted molar refractivity (Wildman–Crippen MR) is 120 cm³/mol. The van der Waals surface area contributed by atoms with E-state index in [2.05, 4.69) is 5.32 Å². The summed E-state index contributed by atoms with van der Waals surface area (Å²) in [7, 11) is -3.99. The zero-order valence-corrected chi connectivity index (χ0v) is 19.0. The number of carbonyl (C=O) groups excluding carboxylic acids is 1. The molecule has 5 nitrogen and oxygen atoms in total. The number of aryl methyl sites for hydroxylation is 1. The molecule has 8 heteroatoms. The number of benzene rings is 2. The molecule has 0 heterocycles. The monoisotopic (exact) mass is 466 g/mol. The molecule has 3 atom stereocenters. The van der Waals surface area contributed by atoms with Gasteiger partial charge in [0, 0.05) is 16.1 Å². The second kappa shape index (κ2) is 8.40. The summed E-state index contributed by atoms with van der Waals surface area (Å²) in [6.07, 6.45) is 4.49. The fourth-order valence-electron chi connectivity index (χ4n) is 4.64. The van der Waals surface area contributed by atoms with Crippen molar-refractivity contribution in [1.82, 2.24) is 5.32 Å². The zero-order valence-electron chi connectivity index (χ0n) is 16.6. The van der Waals surface area contributed by atoms with Crippen molar-refractivity contribution in [2.45, 2.75) is 43.5 Å². The van der Waals surface area contributed by atoms with Gasteiger partial charge in [0.2, 0.25) is 5.91 Å². The van der Waals surface area contributed by atoms with Crippen LogP contribution in [0.1, 0.15) is 31.2 Å². The van der Waals surface area contributed by atoms with E-state index >= 15 is 0 Å². The maximum atomic E-state index is 13.4. The van der Waals surface area contributed by atoms with Gasteiger partial charge in [-0.3, -0.25) is 9.10 Å². The van der Waals surface area contributed by atoms with Crippen molar-refractivity contribution in [3.05, 3.63) is 58.1 Å². The summed E-state index contributed by atoms with van der Waals surface area (Å²) in [6, 6.07) is 11.2. The summed E-state index contributed by atoms with van der Waals surface area (Å²) in [5.74, 6) is 0.862. The van der Waals surface area contributed by atoms with Crippen LogP contribution in [0, 0.1) is 18.8 Å². The van der Waals surface area contributed by atoms with Crippen molar-refractivity contribution in [2.75, 3.05) is 10.8 Å². The first kappa shape index (κ1) is 21.5. The average Bonchev–Trinajstić information content (AvgIpc) is 3.28. The molecule has 2 fully saturated rings. The number of nitrogens with zero attached hydrogens (tertiary/aromatic N) is 1. The van der Waals surface area contributed by atoms with Gasteiger partial charge >= 0.3 is 0 Å². The third-order valence-electron chi connectivity index (χ3n) is 6.12. The average molecular weight is 467 g/mol. The zero-order chi connectivity index (χ0) is 21.5. The van der Waals surface area contributed by atoms with Gasteiger partial charge in [-0.2, -0.15) is 0 Å². The Kier molecular flexibility index (Phi) is 6.02.